The van der Waals surface area contributed by atoms with E-state index >= 15 is 0 Å². The summed E-state index contributed by atoms with van der Waals surface area (Å²) < 4.78 is 18.1. The van der Waals surface area contributed by atoms with Gasteiger partial charge in [0.05, 0.1) is 13.0 Å². The van der Waals surface area contributed by atoms with E-state index in [0.717, 1.165) is 16.9 Å². The van der Waals surface area contributed by atoms with Crippen LogP contribution in [0.3, 0.4) is 0 Å². The molecule has 0 unspecified atom stereocenters. The van der Waals surface area contributed by atoms with Crippen molar-refractivity contribution in [2.24, 2.45) is 0 Å². The lowest BCUT2D eigenvalue weighted by Gasteiger charge is -2.45. The summed E-state index contributed by atoms with van der Waals surface area (Å²) in [5.41, 5.74) is 1.39. The predicted molar refractivity (Wildman–Crippen MR) is 95.9 cm³/mol. The van der Waals surface area contributed by atoms with Gasteiger partial charge in [-0.05, 0) is 36.7 Å². The lowest BCUT2D eigenvalue weighted by Crippen LogP contribution is -2.48. The highest BCUT2D eigenvalue weighted by molar-refractivity contribution is 6.74. The molecule has 1 aromatic rings. The molecular formula is C19H28O4Si. The van der Waals surface area contributed by atoms with Gasteiger partial charge in [-0.25, -0.2) is 0 Å². The molecule has 0 amide bonds. The van der Waals surface area contributed by atoms with Crippen LogP contribution in [0.15, 0.2) is 18.2 Å². The van der Waals surface area contributed by atoms with Crippen molar-refractivity contribution in [2.75, 3.05) is 7.11 Å². The first-order chi connectivity index (χ1) is 11.0. The van der Waals surface area contributed by atoms with Gasteiger partial charge < -0.3 is 13.9 Å². The van der Waals surface area contributed by atoms with E-state index in [1.165, 1.54) is 0 Å². The van der Waals surface area contributed by atoms with Gasteiger partial charge in [-0.1, -0.05) is 32.9 Å². The molecule has 2 aliphatic rings. The first-order valence-corrected chi connectivity index (χ1v) is 11.5. The number of carbonyl (C=O) groups excluding carboxylic acids is 1. The number of hydrogen-bond donors (Lipinski definition) is 0. The van der Waals surface area contributed by atoms with Crippen LogP contribution >= 0.6 is 0 Å². The van der Waals surface area contributed by atoms with Crippen molar-refractivity contribution in [3.05, 3.63) is 29.3 Å². The number of methoxy groups -OCH3 is 1. The molecule has 0 radical (unpaired) electrons. The molecule has 1 heterocycles. The summed E-state index contributed by atoms with van der Waals surface area (Å²) in [7, 11) is -0.383. The number of rotatable bonds is 3. The molecule has 0 saturated carbocycles. The molecule has 0 N–H and O–H groups in total. The fourth-order valence-corrected chi connectivity index (χ4v) is 4.86. The minimum atomic E-state index is -2.03. The number of benzene rings is 1. The average molecular weight is 349 g/mol. The Morgan fingerprint density at radius 2 is 1.96 bits per heavy atom. The predicted octanol–water partition coefficient (Wildman–Crippen LogP) is 4.56. The summed E-state index contributed by atoms with van der Waals surface area (Å²) in [5, 5.41) is 0.0852. The molecule has 0 aromatic heterocycles. The summed E-state index contributed by atoms with van der Waals surface area (Å²) in [6.45, 7) is 13.1. The number of ether oxygens (including phenoxy) is 2. The summed E-state index contributed by atoms with van der Waals surface area (Å²) in [6, 6.07) is 5.94. The minimum Gasteiger partial charge on any atom is -0.496 e. The molecule has 1 fully saturated rings. The molecule has 3 rings (SSSR count). The lowest BCUT2D eigenvalue weighted by atomic mass is 9.75. The lowest BCUT2D eigenvalue weighted by molar-refractivity contribution is -0.155. The Balaban J connectivity index is 2.13. The summed E-state index contributed by atoms with van der Waals surface area (Å²) in [4.78, 5) is 12.5. The zero-order valence-corrected chi connectivity index (χ0v) is 16.7. The van der Waals surface area contributed by atoms with Gasteiger partial charge in [0.1, 0.15) is 17.5 Å². The van der Waals surface area contributed by atoms with E-state index < -0.39 is 13.9 Å². The van der Waals surface area contributed by atoms with Crippen molar-refractivity contribution in [1.29, 1.82) is 0 Å². The Kier molecular flexibility index (Phi) is 3.88. The summed E-state index contributed by atoms with van der Waals surface area (Å²) in [5.74, 6) is 0.340. The second-order valence-corrected chi connectivity index (χ2v) is 13.5. The molecule has 4 nitrogen and oxygen atoms in total. The molecular weight excluding hydrogens is 320 g/mol. The molecule has 132 valence electrons. The molecule has 2 bridgehead atoms. The van der Waals surface area contributed by atoms with Crippen molar-refractivity contribution >= 4 is 14.3 Å². The molecule has 1 aliphatic heterocycles. The van der Waals surface area contributed by atoms with Gasteiger partial charge in [0, 0.05) is 12.0 Å². The largest absolute Gasteiger partial charge is 0.496 e. The quantitative estimate of drug-likeness (QED) is 0.593. The number of esters is 1. The SMILES string of the molecule is COc1cccc2c1[C@@H]1C[C@@](C)(OC1=O)[C@@H]2O[Si](C)(C)C(C)(C)C. The van der Waals surface area contributed by atoms with Crippen LogP contribution in [-0.2, 0) is 14.0 Å². The molecule has 1 saturated heterocycles. The van der Waals surface area contributed by atoms with Crippen LogP contribution < -0.4 is 4.74 Å². The van der Waals surface area contributed by atoms with E-state index in [4.69, 9.17) is 13.9 Å². The highest BCUT2D eigenvalue weighted by atomic mass is 28.4. The highest BCUT2D eigenvalue weighted by Gasteiger charge is 2.58. The van der Waals surface area contributed by atoms with E-state index in [1.54, 1.807) is 7.11 Å². The van der Waals surface area contributed by atoms with Gasteiger partial charge in [0.2, 0.25) is 0 Å². The van der Waals surface area contributed by atoms with Crippen LogP contribution in [0.25, 0.3) is 0 Å². The van der Waals surface area contributed by atoms with Crippen LogP contribution in [0, 0.1) is 0 Å². The van der Waals surface area contributed by atoms with Gasteiger partial charge in [0.15, 0.2) is 8.32 Å². The monoisotopic (exact) mass is 348 g/mol. The average Bonchev–Trinajstić information content (AvgIpc) is 2.74. The molecule has 24 heavy (non-hydrogen) atoms. The maximum atomic E-state index is 12.5. The number of fused-ring (bicyclic) bond motifs is 4. The van der Waals surface area contributed by atoms with Crippen LogP contribution in [0.5, 0.6) is 5.75 Å². The number of carbonyl (C=O) groups is 1. The van der Waals surface area contributed by atoms with E-state index in [1.807, 2.05) is 19.1 Å². The third kappa shape index (κ3) is 2.49. The van der Waals surface area contributed by atoms with E-state index in [0.29, 0.717) is 6.42 Å². The molecule has 3 atom stereocenters. The second-order valence-electron chi connectivity index (χ2n) is 8.71. The topological polar surface area (TPSA) is 44.8 Å². The summed E-state index contributed by atoms with van der Waals surface area (Å²) in [6.07, 6.45) is 0.407. The normalized spacial score (nSPS) is 29.2. The Morgan fingerprint density at radius 3 is 2.54 bits per heavy atom. The van der Waals surface area contributed by atoms with Crippen molar-refractivity contribution in [3.63, 3.8) is 0 Å². The molecule has 1 aromatic carbocycles. The Labute approximate surface area is 145 Å². The maximum Gasteiger partial charge on any atom is 0.314 e. The Hall–Kier alpha value is -1.33. The van der Waals surface area contributed by atoms with Crippen molar-refractivity contribution in [1.82, 2.24) is 0 Å². The number of hydrogen-bond acceptors (Lipinski definition) is 4. The van der Waals surface area contributed by atoms with Gasteiger partial charge >= 0.3 is 5.97 Å². The van der Waals surface area contributed by atoms with Crippen LogP contribution in [0.2, 0.25) is 18.1 Å². The van der Waals surface area contributed by atoms with Gasteiger partial charge in [-0.3, -0.25) is 4.79 Å². The van der Waals surface area contributed by atoms with E-state index in [9.17, 15) is 4.79 Å². The van der Waals surface area contributed by atoms with Crippen LogP contribution in [0.1, 0.15) is 57.3 Å². The Morgan fingerprint density at radius 1 is 1.29 bits per heavy atom. The highest BCUT2D eigenvalue weighted by Crippen LogP contribution is 2.56. The second kappa shape index (κ2) is 5.33. The van der Waals surface area contributed by atoms with Crippen LogP contribution in [-0.4, -0.2) is 27.0 Å². The summed E-state index contributed by atoms with van der Waals surface area (Å²) >= 11 is 0. The van der Waals surface area contributed by atoms with Crippen molar-refractivity contribution in [3.8, 4) is 5.75 Å². The van der Waals surface area contributed by atoms with Gasteiger partial charge in [0.25, 0.3) is 0 Å². The third-order valence-corrected chi connectivity index (χ3v) is 10.4. The first-order valence-electron chi connectivity index (χ1n) is 8.58. The molecule has 5 heteroatoms. The minimum absolute atomic E-state index is 0.0852. The zero-order chi connectivity index (χ0) is 17.9. The molecule has 1 aliphatic carbocycles. The standard InChI is InChI=1S/C19H28O4Si/c1-18(2,3)24(6,7)23-16-12-9-8-10-14(21-5)15(12)13-11-19(16,4)22-17(13)20/h8-10,13,16H,11H2,1-7H3/t13-,16+,19+/m0/s1. The molecule has 0 spiro atoms. The van der Waals surface area contributed by atoms with E-state index in [-0.39, 0.29) is 23.0 Å². The smallest absolute Gasteiger partial charge is 0.314 e. The van der Waals surface area contributed by atoms with Crippen molar-refractivity contribution in [2.45, 2.75) is 69.9 Å². The fourth-order valence-electron chi connectivity index (χ4n) is 3.54. The van der Waals surface area contributed by atoms with Gasteiger partial charge in [-0.15, -0.1) is 0 Å². The van der Waals surface area contributed by atoms with E-state index in [2.05, 4.69) is 39.9 Å². The Bertz CT molecular complexity index is 676. The maximum absolute atomic E-state index is 12.5. The van der Waals surface area contributed by atoms with Crippen LogP contribution in [0.4, 0.5) is 0 Å². The van der Waals surface area contributed by atoms with Gasteiger partial charge in [-0.2, -0.15) is 0 Å². The first kappa shape index (κ1) is 17.5. The third-order valence-electron chi connectivity index (χ3n) is 5.95. The zero-order valence-electron chi connectivity index (χ0n) is 15.7. The fraction of sp³-hybridized carbons (Fsp3) is 0.632. The van der Waals surface area contributed by atoms with Crippen molar-refractivity contribution < 1.29 is 18.7 Å².